The number of carboxylic acids is 1. The van der Waals surface area contributed by atoms with Gasteiger partial charge in [-0.25, -0.2) is 4.79 Å². The average Bonchev–Trinajstić information content (AvgIpc) is 2.74. The van der Waals surface area contributed by atoms with Gasteiger partial charge in [0.05, 0.1) is 0 Å². The van der Waals surface area contributed by atoms with E-state index in [0.717, 1.165) is 10.0 Å². The molecule has 3 aromatic rings. The lowest BCUT2D eigenvalue weighted by Crippen LogP contribution is -2.27. The standard InChI is InChI=1S/C23H18BrNO4/c24-20-9-5-4-8-18(20)15-29-19-12-10-16(11-13-19)14-21(23(27)28)25-22(26)17-6-2-1-3-7-17/h1-14H,15H2,(H,25,26)(H,27,28). The molecule has 1 amide bonds. The van der Waals surface area contributed by atoms with E-state index in [-0.39, 0.29) is 5.70 Å². The minimum atomic E-state index is -1.22. The Labute approximate surface area is 176 Å². The Morgan fingerprint density at radius 3 is 2.24 bits per heavy atom. The van der Waals surface area contributed by atoms with Crippen LogP contribution in [0.5, 0.6) is 5.75 Å². The van der Waals surface area contributed by atoms with Crippen molar-refractivity contribution >= 4 is 33.9 Å². The van der Waals surface area contributed by atoms with Crippen LogP contribution in [0.15, 0.2) is 89.0 Å². The van der Waals surface area contributed by atoms with Crippen molar-refractivity contribution in [3.8, 4) is 5.75 Å². The highest BCUT2D eigenvalue weighted by Crippen LogP contribution is 2.20. The lowest BCUT2D eigenvalue weighted by molar-refractivity contribution is -0.132. The predicted molar refractivity (Wildman–Crippen MR) is 114 cm³/mol. The number of hydrogen-bond donors (Lipinski definition) is 2. The van der Waals surface area contributed by atoms with E-state index in [2.05, 4.69) is 21.2 Å². The molecule has 146 valence electrons. The number of halogens is 1. The molecule has 0 atom stereocenters. The first-order valence-electron chi connectivity index (χ1n) is 8.80. The van der Waals surface area contributed by atoms with Crippen molar-refractivity contribution in [2.45, 2.75) is 6.61 Å². The largest absolute Gasteiger partial charge is 0.489 e. The highest BCUT2D eigenvalue weighted by molar-refractivity contribution is 9.10. The molecule has 0 bridgehead atoms. The Morgan fingerprint density at radius 1 is 0.931 bits per heavy atom. The minimum absolute atomic E-state index is 0.208. The van der Waals surface area contributed by atoms with Crippen LogP contribution in [-0.4, -0.2) is 17.0 Å². The van der Waals surface area contributed by atoms with Crippen molar-refractivity contribution in [3.05, 3.63) is 106 Å². The van der Waals surface area contributed by atoms with Gasteiger partial charge in [-0.2, -0.15) is 0 Å². The highest BCUT2D eigenvalue weighted by Gasteiger charge is 2.13. The maximum absolute atomic E-state index is 12.2. The average molecular weight is 452 g/mol. The third-order valence-electron chi connectivity index (χ3n) is 4.06. The minimum Gasteiger partial charge on any atom is -0.489 e. The number of aliphatic carboxylic acids is 1. The number of carbonyl (C=O) groups is 2. The van der Waals surface area contributed by atoms with Crippen LogP contribution in [-0.2, 0) is 11.4 Å². The first-order valence-corrected chi connectivity index (χ1v) is 9.60. The van der Waals surface area contributed by atoms with Crippen LogP contribution in [0, 0.1) is 0 Å². The van der Waals surface area contributed by atoms with Gasteiger partial charge in [-0.15, -0.1) is 0 Å². The molecular weight excluding hydrogens is 434 g/mol. The van der Waals surface area contributed by atoms with Gasteiger partial charge in [0.1, 0.15) is 18.1 Å². The number of amides is 1. The molecule has 0 unspecified atom stereocenters. The molecule has 3 rings (SSSR count). The molecular formula is C23H18BrNO4. The Morgan fingerprint density at radius 2 is 1.59 bits per heavy atom. The fraction of sp³-hybridized carbons (Fsp3) is 0.0435. The quantitative estimate of drug-likeness (QED) is 0.501. The van der Waals surface area contributed by atoms with Crippen molar-refractivity contribution < 1.29 is 19.4 Å². The molecule has 0 saturated carbocycles. The second-order valence-corrected chi connectivity index (χ2v) is 6.99. The molecule has 3 aromatic carbocycles. The molecule has 0 aliphatic carbocycles. The van der Waals surface area contributed by atoms with Gasteiger partial charge in [0.15, 0.2) is 0 Å². The normalized spacial score (nSPS) is 11.0. The van der Waals surface area contributed by atoms with E-state index in [4.69, 9.17) is 4.74 Å². The van der Waals surface area contributed by atoms with Crippen LogP contribution in [0.25, 0.3) is 6.08 Å². The summed E-state index contributed by atoms with van der Waals surface area (Å²) in [6.45, 7) is 0.407. The number of rotatable bonds is 7. The molecule has 0 aromatic heterocycles. The summed E-state index contributed by atoms with van der Waals surface area (Å²) in [6.07, 6.45) is 1.40. The van der Waals surface area contributed by atoms with Crippen LogP contribution in [0.4, 0.5) is 0 Å². The number of benzene rings is 3. The number of carbonyl (C=O) groups excluding carboxylic acids is 1. The van der Waals surface area contributed by atoms with Crippen LogP contribution >= 0.6 is 15.9 Å². The monoisotopic (exact) mass is 451 g/mol. The summed E-state index contributed by atoms with van der Waals surface area (Å²) in [4.78, 5) is 23.7. The smallest absolute Gasteiger partial charge is 0.352 e. The van der Waals surface area contributed by atoms with Crippen molar-refractivity contribution in [3.63, 3.8) is 0 Å². The Kier molecular flexibility index (Phi) is 6.81. The summed E-state index contributed by atoms with van der Waals surface area (Å²) >= 11 is 3.48. The number of hydrogen-bond acceptors (Lipinski definition) is 3. The number of carboxylic acid groups (broad SMARTS) is 1. The zero-order chi connectivity index (χ0) is 20.6. The van der Waals surface area contributed by atoms with E-state index < -0.39 is 11.9 Å². The topological polar surface area (TPSA) is 75.6 Å². The summed E-state index contributed by atoms with van der Waals surface area (Å²) in [5.74, 6) is -1.04. The molecule has 0 aliphatic heterocycles. The third-order valence-corrected chi connectivity index (χ3v) is 4.83. The van der Waals surface area contributed by atoms with E-state index >= 15 is 0 Å². The molecule has 0 saturated heterocycles. The molecule has 5 nitrogen and oxygen atoms in total. The van der Waals surface area contributed by atoms with Gasteiger partial charge >= 0.3 is 5.97 Å². The van der Waals surface area contributed by atoms with Crippen molar-refractivity contribution in [1.82, 2.24) is 5.32 Å². The zero-order valence-corrected chi connectivity index (χ0v) is 16.9. The Hall–Kier alpha value is -3.38. The van der Waals surface area contributed by atoms with Gasteiger partial charge in [0.25, 0.3) is 5.91 Å². The number of nitrogens with one attached hydrogen (secondary N) is 1. The van der Waals surface area contributed by atoms with Crippen LogP contribution < -0.4 is 10.1 Å². The SMILES string of the molecule is O=C(O)C(=Cc1ccc(OCc2ccccc2Br)cc1)NC(=O)c1ccccc1. The lowest BCUT2D eigenvalue weighted by atomic mass is 10.1. The summed E-state index contributed by atoms with van der Waals surface area (Å²) in [5.41, 5.74) is 1.83. The van der Waals surface area contributed by atoms with Gasteiger partial charge in [-0.3, -0.25) is 4.79 Å². The van der Waals surface area contributed by atoms with Gasteiger partial charge in [0, 0.05) is 15.6 Å². The molecule has 2 N–H and O–H groups in total. The van der Waals surface area contributed by atoms with E-state index in [9.17, 15) is 14.7 Å². The first-order chi connectivity index (χ1) is 14.0. The second-order valence-electron chi connectivity index (χ2n) is 6.13. The highest BCUT2D eigenvalue weighted by atomic mass is 79.9. The van der Waals surface area contributed by atoms with Crippen LogP contribution in [0.1, 0.15) is 21.5 Å². The summed E-state index contributed by atoms with van der Waals surface area (Å²) in [7, 11) is 0. The molecule has 0 fully saturated rings. The van der Waals surface area contributed by atoms with Crippen molar-refractivity contribution in [2.75, 3.05) is 0 Å². The van der Waals surface area contributed by atoms with Gasteiger partial charge < -0.3 is 15.2 Å². The molecule has 6 heteroatoms. The van der Waals surface area contributed by atoms with Crippen molar-refractivity contribution in [1.29, 1.82) is 0 Å². The van der Waals surface area contributed by atoms with E-state index in [1.54, 1.807) is 54.6 Å². The summed E-state index contributed by atoms with van der Waals surface area (Å²) < 4.78 is 6.74. The Balaban J connectivity index is 1.68. The van der Waals surface area contributed by atoms with Crippen molar-refractivity contribution in [2.24, 2.45) is 0 Å². The zero-order valence-electron chi connectivity index (χ0n) is 15.3. The lowest BCUT2D eigenvalue weighted by Gasteiger charge is -2.09. The van der Waals surface area contributed by atoms with Crippen LogP contribution in [0.3, 0.4) is 0 Å². The third kappa shape index (κ3) is 5.80. The molecule has 0 spiro atoms. The van der Waals surface area contributed by atoms with E-state index in [1.165, 1.54) is 6.08 Å². The summed E-state index contributed by atoms with van der Waals surface area (Å²) in [6, 6.07) is 23.2. The maximum atomic E-state index is 12.2. The van der Waals surface area contributed by atoms with E-state index in [0.29, 0.717) is 23.5 Å². The first kappa shape index (κ1) is 20.4. The van der Waals surface area contributed by atoms with Gasteiger partial charge in [-0.05, 0) is 42.0 Å². The summed E-state index contributed by atoms with van der Waals surface area (Å²) in [5, 5.41) is 11.8. The predicted octanol–water partition coefficient (Wildman–Crippen LogP) is 4.88. The fourth-order valence-electron chi connectivity index (χ4n) is 2.54. The maximum Gasteiger partial charge on any atom is 0.352 e. The van der Waals surface area contributed by atoms with Crippen LogP contribution in [0.2, 0.25) is 0 Å². The fourth-order valence-corrected chi connectivity index (χ4v) is 2.94. The second kappa shape index (κ2) is 9.71. The number of ether oxygens (including phenoxy) is 1. The molecule has 0 aliphatic rings. The molecule has 0 radical (unpaired) electrons. The molecule has 29 heavy (non-hydrogen) atoms. The molecule has 0 heterocycles. The van der Waals surface area contributed by atoms with E-state index in [1.807, 2.05) is 24.3 Å². The Bertz CT molecular complexity index is 1030. The van der Waals surface area contributed by atoms with Gasteiger partial charge in [0.2, 0.25) is 0 Å². The van der Waals surface area contributed by atoms with Gasteiger partial charge in [-0.1, -0.05) is 64.5 Å².